The lowest BCUT2D eigenvalue weighted by Gasteiger charge is -2.27. The highest BCUT2D eigenvalue weighted by Gasteiger charge is 2.41. The largest absolute Gasteiger partial charge is 0.469 e. The monoisotopic (exact) mass is 441 g/mol. The van der Waals surface area contributed by atoms with Gasteiger partial charge in [0, 0.05) is 35.7 Å². The number of esters is 1. The van der Waals surface area contributed by atoms with Crippen molar-refractivity contribution in [3.63, 3.8) is 0 Å². The van der Waals surface area contributed by atoms with E-state index in [1.807, 2.05) is 29.8 Å². The van der Waals surface area contributed by atoms with Crippen LogP contribution in [0.1, 0.15) is 41.1 Å². The van der Waals surface area contributed by atoms with Crippen LogP contribution in [0, 0.1) is 13.8 Å². The lowest BCUT2D eigenvalue weighted by atomic mass is 9.96. The summed E-state index contributed by atoms with van der Waals surface area (Å²) in [4.78, 5) is 22.9. The Morgan fingerprint density at radius 1 is 1.30 bits per heavy atom. The normalized spacial score (nSPS) is 18.5. The molecule has 0 amide bonds. The van der Waals surface area contributed by atoms with Crippen molar-refractivity contribution in [1.29, 1.82) is 0 Å². The molecule has 3 aromatic rings. The molecule has 30 heavy (non-hydrogen) atoms. The van der Waals surface area contributed by atoms with Crippen LogP contribution in [0.2, 0.25) is 0 Å². The van der Waals surface area contributed by atoms with Crippen molar-refractivity contribution >= 4 is 34.6 Å². The summed E-state index contributed by atoms with van der Waals surface area (Å²) in [6.45, 7) is 4.64. The van der Waals surface area contributed by atoms with E-state index in [0.29, 0.717) is 11.7 Å². The van der Waals surface area contributed by atoms with Gasteiger partial charge in [0.1, 0.15) is 0 Å². The molecule has 1 N–H and O–H groups in total. The van der Waals surface area contributed by atoms with Crippen molar-refractivity contribution in [1.82, 2.24) is 24.8 Å². The number of thiazole rings is 1. The lowest BCUT2D eigenvalue weighted by molar-refractivity contribution is -0.140. The minimum absolute atomic E-state index is 0.100. The molecule has 0 unspecified atom stereocenters. The van der Waals surface area contributed by atoms with E-state index in [4.69, 9.17) is 17.0 Å². The molecular weight excluding hydrogens is 418 g/mol. The summed E-state index contributed by atoms with van der Waals surface area (Å²) in [5, 5.41) is 6.93. The van der Waals surface area contributed by atoms with Crippen LogP contribution in [-0.2, 0) is 9.53 Å². The van der Waals surface area contributed by atoms with Gasteiger partial charge in [-0.2, -0.15) is 0 Å². The number of rotatable bonds is 6. The van der Waals surface area contributed by atoms with Crippen molar-refractivity contribution in [2.45, 2.75) is 32.4 Å². The van der Waals surface area contributed by atoms with Crippen LogP contribution in [0.25, 0.3) is 5.13 Å². The van der Waals surface area contributed by atoms with Crippen molar-refractivity contribution in [3.05, 3.63) is 64.7 Å². The molecule has 4 heterocycles. The Kier molecular flexibility index (Phi) is 5.83. The molecule has 4 rings (SSSR count). The third-order valence-electron chi connectivity index (χ3n) is 5.38. The van der Waals surface area contributed by atoms with Crippen LogP contribution in [0.5, 0.6) is 0 Å². The summed E-state index contributed by atoms with van der Waals surface area (Å²) in [6.07, 6.45) is 3.85. The minimum atomic E-state index is -0.258. The number of pyridine rings is 1. The van der Waals surface area contributed by atoms with Crippen LogP contribution in [0.3, 0.4) is 0 Å². The second-order valence-electron chi connectivity index (χ2n) is 7.12. The number of hydrogen-bond acceptors (Lipinski definition) is 6. The predicted molar refractivity (Wildman–Crippen MR) is 120 cm³/mol. The Bertz CT molecular complexity index is 1050. The maximum absolute atomic E-state index is 11.8. The SMILES string of the molecule is COC(=O)CCN1C(=S)N[C@@H](c2ccccn2)[C@@H]1c1cc(C)n(-c2nccs2)c1C. The van der Waals surface area contributed by atoms with Crippen LogP contribution in [0.15, 0.2) is 42.0 Å². The van der Waals surface area contributed by atoms with Gasteiger partial charge < -0.3 is 15.0 Å². The molecule has 7 nitrogen and oxygen atoms in total. The molecular formula is C21H23N5O2S2. The van der Waals surface area contributed by atoms with E-state index in [1.54, 1.807) is 17.5 Å². The van der Waals surface area contributed by atoms with Crippen LogP contribution in [-0.4, -0.2) is 44.2 Å². The smallest absolute Gasteiger partial charge is 0.307 e. The Balaban J connectivity index is 1.78. The minimum Gasteiger partial charge on any atom is -0.469 e. The second-order valence-corrected chi connectivity index (χ2v) is 8.38. The topological polar surface area (TPSA) is 72.3 Å². The number of nitrogens with one attached hydrogen (secondary N) is 1. The summed E-state index contributed by atoms with van der Waals surface area (Å²) in [6, 6.07) is 7.82. The molecule has 156 valence electrons. The van der Waals surface area contributed by atoms with E-state index in [0.717, 1.165) is 27.8 Å². The molecule has 0 bridgehead atoms. The fourth-order valence-corrected chi connectivity index (χ4v) is 5.09. The molecule has 2 atom stereocenters. The first-order chi connectivity index (χ1) is 14.5. The highest BCUT2D eigenvalue weighted by Crippen LogP contribution is 2.41. The maximum Gasteiger partial charge on any atom is 0.307 e. The van der Waals surface area contributed by atoms with Gasteiger partial charge in [0.05, 0.1) is 31.3 Å². The molecule has 3 aromatic heterocycles. The molecule has 0 radical (unpaired) electrons. The predicted octanol–water partition coefficient (Wildman–Crippen LogP) is 3.48. The summed E-state index contributed by atoms with van der Waals surface area (Å²) in [7, 11) is 1.40. The zero-order chi connectivity index (χ0) is 21.3. The first-order valence-corrected chi connectivity index (χ1v) is 10.9. The van der Waals surface area contributed by atoms with Crippen molar-refractivity contribution in [3.8, 4) is 5.13 Å². The van der Waals surface area contributed by atoms with Gasteiger partial charge in [0.15, 0.2) is 10.2 Å². The first kappa shape index (κ1) is 20.5. The van der Waals surface area contributed by atoms with Crippen molar-refractivity contribution in [2.24, 2.45) is 0 Å². The molecule has 9 heteroatoms. The fourth-order valence-electron chi connectivity index (χ4n) is 4.01. The number of carbonyl (C=O) groups is 1. The first-order valence-electron chi connectivity index (χ1n) is 9.65. The third-order valence-corrected chi connectivity index (χ3v) is 6.49. The Morgan fingerprint density at radius 3 is 2.80 bits per heavy atom. The van der Waals surface area contributed by atoms with Crippen LogP contribution >= 0.6 is 23.6 Å². The van der Waals surface area contributed by atoms with E-state index >= 15 is 0 Å². The number of nitrogens with zero attached hydrogens (tertiary/aromatic N) is 4. The number of carbonyl (C=O) groups excluding carboxylic acids is 1. The Hall–Kier alpha value is -2.78. The molecule has 1 aliphatic rings. The zero-order valence-electron chi connectivity index (χ0n) is 17.0. The average molecular weight is 442 g/mol. The molecule has 0 aliphatic carbocycles. The quantitative estimate of drug-likeness (QED) is 0.464. The van der Waals surface area contributed by atoms with Crippen LogP contribution < -0.4 is 5.32 Å². The van der Waals surface area contributed by atoms with Gasteiger partial charge >= 0.3 is 5.97 Å². The van der Waals surface area contributed by atoms with Crippen LogP contribution in [0.4, 0.5) is 0 Å². The maximum atomic E-state index is 11.8. The number of aryl methyl sites for hydroxylation is 1. The number of hydrogen-bond donors (Lipinski definition) is 1. The molecule has 1 saturated heterocycles. The highest BCUT2D eigenvalue weighted by atomic mass is 32.1. The summed E-state index contributed by atoms with van der Waals surface area (Å²) < 4.78 is 7.00. The third kappa shape index (κ3) is 3.70. The fraction of sp³-hybridized carbons (Fsp3) is 0.333. The van der Waals surface area contributed by atoms with Gasteiger partial charge in [0.25, 0.3) is 0 Å². The molecule has 1 fully saturated rings. The lowest BCUT2D eigenvalue weighted by Crippen LogP contribution is -2.32. The number of aromatic nitrogens is 3. The van der Waals surface area contributed by atoms with Gasteiger partial charge in [0.2, 0.25) is 0 Å². The van der Waals surface area contributed by atoms with Gasteiger partial charge in [-0.05, 0) is 49.8 Å². The van der Waals surface area contributed by atoms with E-state index < -0.39 is 0 Å². The van der Waals surface area contributed by atoms with Crippen molar-refractivity contribution in [2.75, 3.05) is 13.7 Å². The Labute approximate surface area is 184 Å². The summed E-state index contributed by atoms with van der Waals surface area (Å²) >= 11 is 7.26. The average Bonchev–Trinajstić information content (AvgIpc) is 3.45. The van der Waals surface area contributed by atoms with E-state index in [2.05, 4.69) is 44.7 Å². The second kappa shape index (κ2) is 8.53. The highest BCUT2D eigenvalue weighted by molar-refractivity contribution is 7.80. The van der Waals surface area contributed by atoms with Gasteiger partial charge in [-0.15, -0.1) is 11.3 Å². The zero-order valence-corrected chi connectivity index (χ0v) is 18.7. The molecule has 0 spiro atoms. The van der Waals surface area contributed by atoms with Gasteiger partial charge in [-0.3, -0.25) is 14.3 Å². The number of methoxy groups -OCH3 is 1. The molecule has 1 aliphatic heterocycles. The Morgan fingerprint density at radius 2 is 2.13 bits per heavy atom. The van der Waals surface area contributed by atoms with Crippen molar-refractivity contribution < 1.29 is 9.53 Å². The number of ether oxygens (including phenoxy) is 1. The van der Waals surface area contributed by atoms with E-state index in [1.165, 1.54) is 7.11 Å². The van der Waals surface area contributed by atoms with Gasteiger partial charge in [-0.25, -0.2) is 4.98 Å². The summed E-state index contributed by atoms with van der Waals surface area (Å²) in [5.41, 5.74) is 4.24. The van der Waals surface area contributed by atoms with E-state index in [9.17, 15) is 4.79 Å². The summed E-state index contributed by atoms with van der Waals surface area (Å²) in [5.74, 6) is -0.258. The standard InChI is InChI=1S/C21H23N5O2S2/c1-13-12-15(14(2)26(13)21-23-9-11-30-21)19-18(16-6-4-5-8-22-16)24-20(29)25(19)10-7-17(27)28-3/h4-6,8-9,11-12,18-19H,7,10H2,1-3H3,(H,24,29)/t18-,19-/m0/s1. The number of thiocarbonyl (C=S) groups is 1. The van der Waals surface area contributed by atoms with Gasteiger partial charge in [-0.1, -0.05) is 6.07 Å². The molecule has 0 saturated carbocycles. The molecule has 0 aromatic carbocycles. The van der Waals surface area contributed by atoms with E-state index in [-0.39, 0.29) is 24.5 Å².